The van der Waals surface area contributed by atoms with Crippen LogP contribution in [0.1, 0.15) is 49.6 Å². The first-order valence-electron chi connectivity index (χ1n) is 7.16. The Hall–Kier alpha value is -2.02. The zero-order valence-electron chi connectivity index (χ0n) is 12.9. The first-order valence-corrected chi connectivity index (χ1v) is 7.16. The van der Waals surface area contributed by atoms with Crippen molar-refractivity contribution in [1.29, 1.82) is 0 Å². The molecule has 1 fully saturated rings. The molecule has 1 amide bonds. The van der Waals surface area contributed by atoms with Gasteiger partial charge in [0.15, 0.2) is 0 Å². The Labute approximate surface area is 128 Å². The first-order chi connectivity index (χ1) is 10.2. The van der Waals surface area contributed by atoms with E-state index in [4.69, 9.17) is 14.3 Å². The molecule has 0 aromatic carbocycles. The van der Waals surface area contributed by atoms with Gasteiger partial charge in [-0.2, -0.15) is 0 Å². The summed E-state index contributed by atoms with van der Waals surface area (Å²) < 4.78 is 10.4. The van der Waals surface area contributed by atoms with Crippen LogP contribution in [0.4, 0.5) is 4.79 Å². The fourth-order valence-electron chi connectivity index (χ4n) is 2.40. The highest BCUT2D eigenvalue weighted by Crippen LogP contribution is 2.31. The van der Waals surface area contributed by atoms with Crippen LogP contribution < -0.4 is 0 Å². The minimum Gasteiger partial charge on any atom is -0.475 e. The van der Waals surface area contributed by atoms with Crippen LogP contribution in [0.5, 0.6) is 0 Å². The third-order valence-electron chi connectivity index (χ3n) is 3.45. The van der Waals surface area contributed by atoms with Gasteiger partial charge in [0.25, 0.3) is 0 Å². The minimum atomic E-state index is -1.18. The van der Waals surface area contributed by atoms with Gasteiger partial charge >= 0.3 is 12.1 Å². The third kappa shape index (κ3) is 3.79. The first kappa shape index (κ1) is 16.4. The molecule has 2 heterocycles. The Morgan fingerprint density at radius 1 is 1.41 bits per heavy atom. The number of aromatic carboxylic acids is 1. The predicted molar refractivity (Wildman–Crippen MR) is 76.5 cm³/mol. The maximum Gasteiger partial charge on any atom is 0.410 e. The molecule has 1 aliphatic rings. The van der Waals surface area contributed by atoms with Gasteiger partial charge in [-0.1, -0.05) is 0 Å². The average molecular weight is 311 g/mol. The largest absolute Gasteiger partial charge is 0.475 e. The van der Waals surface area contributed by atoms with Gasteiger partial charge < -0.3 is 24.3 Å². The smallest absolute Gasteiger partial charge is 0.410 e. The van der Waals surface area contributed by atoms with Crippen LogP contribution in [0.2, 0.25) is 0 Å². The summed E-state index contributed by atoms with van der Waals surface area (Å²) in [5, 5.41) is 19.1. The van der Waals surface area contributed by atoms with E-state index in [2.05, 4.69) is 0 Å². The summed E-state index contributed by atoms with van der Waals surface area (Å²) in [6.45, 7) is 6.22. The third-order valence-corrected chi connectivity index (χ3v) is 3.45. The topological polar surface area (TPSA) is 100 Å². The van der Waals surface area contributed by atoms with Crippen LogP contribution in [0.25, 0.3) is 0 Å². The second-order valence-corrected chi connectivity index (χ2v) is 6.43. The number of ether oxygens (including phenoxy) is 1. The fraction of sp³-hybridized carbons (Fsp3) is 0.600. The van der Waals surface area contributed by atoms with Gasteiger partial charge in [-0.15, -0.1) is 0 Å². The van der Waals surface area contributed by atoms with Crippen LogP contribution in [0.3, 0.4) is 0 Å². The molecule has 7 heteroatoms. The lowest BCUT2D eigenvalue weighted by Crippen LogP contribution is -2.35. The number of carbonyl (C=O) groups is 2. The quantitative estimate of drug-likeness (QED) is 0.888. The van der Waals surface area contributed by atoms with Gasteiger partial charge in [0, 0.05) is 19.0 Å². The van der Waals surface area contributed by atoms with Gasteiger partial charge in [0.2, 0.25) is 5.76 Å². The Bertz CT molecular complexity index is 559. The molecule has 0 aliphatic carbocycles. The molecule has 2 N–H and O–H groups in total. The molecule has 1 aromatic rings. The SMILES string of the molecule is CC(C)(C)OC(=O)N1CCC(C(O)c2ccc(C(=O)O)o2)C1. The summed E-state index contributed by atoms with van der Waals surface area (Å²) in [5.41, 5.74) is -0.564. The molecule has 0 bridgehead atoms. The van der Waals surface area contributed by atoms with E-state index in [0.29, 0.717) is 19.5 Å². The van der Waals surface area contributed by atoms with E-state index in [-0.39, 0.29) is 17.4 Å². The van der Waals surface area contributed by atoms with Crippen molar-refractivity contribution >= 4 is 12.1 Å². The fourth-order valence-corrected chi connectivity index (χ4v) is 2.40. The van der Waals surface area contributed by atoms with Crippen molar-refractivity contribution in [3.05, 3.63) is 23.7 Å². The van der Waals surface area contributed by atoms with Crippen molar-refractivity contribution < 1.29 is 29.0 Å². The van der Waals surface area contributed by atoms with Crippen LogP contribution in [0.15, 0.2) is 16.5 Å². The van der Waals surface area contributed by atoms with E-state index >= 15 is 0 Å². The number of furan rings is 1. The molecule has 7 nitrogen and oxygen atoms in total. The molecule has 22 heavy (non-hydrogen) atoms. The number of carboxylic acids is 1. The molecule has 2 atom stereocenters. The summed E-state index contributed by atoms with van der Waals surface area (Å²) in [5.74, 6) is -1.40. The van der Waals surface area contributed by atoms with Crippen molar-refractivity contribution in [2.45, 2.75) is 38.9 Å². The van der Waals surface area contributed by atoms with E-state index in [0.717, 1.165) is 0 Å². The highest BCUT2D eigenvalue weighted by Gasteiger charge is 2.35. The van der Waals surface area contributed by atoms with E-state index in [1.807, 2.05) is 0 Å². The average Bonchev–Trinajstić information content (AvgIpc) is 3.05. The number of likely N-dealkylation sites (tertiary alicyclic amines) is 1. The number of carboxylic acid groups (broad SMARTS) is 1. The molecule has 0 spiro atoms. The van der Waals surface area contributed by atoms with E-state index in [9.17, 15) is 14.7 Å². The molecule has 2 unspecified atom stereocenters. The molecular formula is C15H21NO6. The maximum absolute atomic E-state index is 12.0. The molecule has 0 saturated carbocycles. The van der Waals surface area contributed by atoms with Crippen LogP contribution in [-0.2, 0) is 4.74 Å². The van der Waals surface area contributed by atoms with Gasteiger partial charge in [-0.25, -0.2) is 9.59 Å². The lowest BCUT2D eigenvalue weighted by atomic mass is 10.00. The molecule has 1 aromatic heterocycles. The van der Waals surface area contributed by atoms with Crippen molar-refractivity contribution in [1.82, 2.24) is 4.90 Å². The second-order valence-electron chi connectivity index (χ2n) is 6.43. The Balaban J connectivity index is 1.97. The summed E-state index contributed by atoms with van der Waals surface area (Å²) in [7, 11) is 0. The standard InChI is InChI=1S/C15H21NO6/c1-15(2,3)22-14(20)16-7-6-9(8-16)12(17)10-4-5-11(21-10)13(18)19/h4-5,9,12,17H,6-8H2,1-3H3,(H,18,19). The Kier molecular flexibility index (Phi) is 4.46. The molecule has 0 radical (unpaired) electrons. The van der Waals surface area contributed by atoms with E-state index in [1.165, 1.54) is 12.1 Å². The van der Waals surface area contributed by atoms with Gasteiger partial charge in [-0.05, 0) is 39.3 Å². The van der Waals surface area contributed by atoms with Crippen LogP contribution in [-0.4, -0.2) is 45.9 Å². The molecule has 122 valence electrons. The minimum absolute atomic E-state index is 0.202. The highest BCUT2D eigenvalue weighted by atomic mass is 16.6. The lowest BCUT2D eigenvalue weighted by Gasteiger charge is -2.24. The van der Waals surface area contributed by atoms with Gasteiger partial charge in [0.1, 0.15) is 17.5 Å². The Morgan fingerprint density at radius 2 is 2.09 bits per heavy atom. The van der Waals surface area contributed by atoms with Crippen molar-refractivity contribution in [3.8, 4) is 0 Å². The number of aliphatic hydroxyl groups is 1. The number of hydrogen-bond acceptors (Lipinski definition) is 5. The van der Waals surface area contributed by atoms with Crippen molar-refractivity contribution in [2.24, 2.45) is 5.92 Å². The molecule has 2 rings (SSSR count). The van der Waals surface area contributed by atoms with E-state index in [1.54, 1.807) is 25.7 Å². The van der Waals surface area contributed by atoms with E-state index < -0.39 is 23.8 Å². The Morgan fingerprint density at radius 3 is 2.64 bits per heavy atom. The molecule has 1 saturated heterocycles. The van der Waals surface area contributed by atoms with Gasteiger partial charge in [0.05, 0.1) is 0 Å². The number of nitrogens with zero attached hydrogens (tertiary/aromatic N) is 1. The number of amides is 1. The van der Waals surface area contributed by atoms with Gasteiger partial charge in [-0.3, -0.25) is 0 Å². The lowest BCUT2D eigenvalue weighted by molar-refractivity contribution is 0.0260. The summed E-state index contributed by atoms with van der Waals surface area (Å²) >= 11 is 0. The van der Waals surface area contributed by atoms with Crippen LogP contribution in [0, 0.1) is 5.92 Å². The van der Waals surface area contributed by atoms with Crippen LogP contribution >= 0.6 is 0 Å². The summed E-state index contributed by atoms with van der Waals surface area (Å²) in [6, 6.07) is 2.76. The van der Waals surface area contributed by atoms with Crippen molar-refractivity contribution in [3.63, 3.8) is 0 Å². The number of carbonyl (C=O) groups excluding carboxylic acids is 1. The zero-order chi connectivity index (χ0) is 16.5. The molecule has 1 aliphatic heterocycles. The number of aliphatic hydroxyl groups excluding tert-OH is 1. The predicted octanol–water partition coefficient (Wildman–Crippen LogP) is 2.27. The maximum atomic E-state index is 12.0. The number of hydrogen-bond donors (Lipinski definition) is 2. The summed E-state index contributed by atoms with van der Waals surface area (Å²) in [6.07, 6.45) is -0.753. The summed E-state index contributed by atoms with van der Waals surface area (Å²) in [4.78, 5) is 24.3. The highest BCUT2D eigenvalue weighted by molar-refractivity contribution is 5.84. The van der Waals surface area contributed by atoms with Crippen molar-refractivity contribution in [2.75, 3.05) is 13.1 Å². The monoisotopic (exact) mass is 311 g/mol. The molecular weight excluding hydrogens is 290 g/mol. The number of rotatable bonds is 3. The zero-order valence-corrected chi connectivity index (χ0v) is 12.9. The second kappa shape index (κ2) is 6.00. The normalized spacial score (nSPS) is 20.0.